The van der Waals surface area contributed by atoms with Crippen molar-refractivity contribution in [1.29, 1.82) is 0 Å². The zero-order chi connectivity index (χ0) is 20.6. The number of hydrogen-bond donors (Lipinski definition) is 2. The molecular formula is C21H27N5O2S. The van der Waals surface area contributed by atoms with Crippen molar-refractivity contribution in [2.45, 2.75) is 56.3 Å². The minimum absolute atomic E-state index is 0.104. The molecule has 0 atom stereocenters. The standard InChI is InChI=1S/C21H27N5O2S/c1-13-10-15-16(28-12-27-15)11-17(13)29-20-25-18-14(6-8-23-19(18)22)26(20)9-5-7-24-21(2,3)4/h6,8,10-11,24H,5,7,9,12H2,1-4H3,(H2,22,23). The van der Waals surface area contributed by atoms with E-state index >= 15 is 0 Å². The normalized spacial score (nSPS) is 13.4. The molecule has 3 N–H and O–H groups in total. The predicted molar refractivity (Wildman–Crippen MR) is 116 cm³/mol. The maximum atomic E-state index is 6.10. The van der Waals surface area contributed by atoms with Crippen LogP contribution in [-0.2, 0) is 6.54 Å². The molecule has 1 aliphatic rings. The first-order valence-corrected chi connectivity index (χ1v) is 10.6. The summed E-state index contributed by atoms with van der Waals surface area (Å²) in [6, 6.07) is 6.02. The number of rotatable bonds is 6. The Morgan fingerprint density at radius 1 is 1.24 bits per heavy atom. The summed E-state index contributed by atoms with van der Waals surface area (Å²) >= 11 is 1.62. The van der Waals surface area contributed by atoms with Crippen LogP contribution in [0.15, 0.2) is 34.4 Å². The van der Waals surface area contributed by atoms with E-state index in [1.54, 1.807) is 18.0 Å². The summed E-state index contributed by atoms with van der Waals surface area (Å²) in [5.41, 5.74) is 9.09. The molecule has 3 aromatic rings. The molecule has 0 saturated carbocycles. The van der Waals surface area contributed by atoms with Crippen molar-refractivity contribution in [3.63, 3.8) is 0 Å². The minimum atomic E-state index is 0.104. The predicted octanol–water partition coefficient (Wildman–Crippen LogP) is 3.98. The number of hydrogen-bond acceptors (Lipinski definition) is 7. The van der Waals surface area contributed by atoms with Crippen molar-refractivity contribution in [3.05, 3.63) is 30.0 Å². The van der Waals surface area contributed by atoms with E-state index in [4.69, 9.17) is 20.2 Å². The van der Waals surface area contributed by atoms with Crippen LogP contribution in [0.5, 0.6) is 11.5 Å². The molecule has 0 bridgehead atoms. The van der Waals surface area contributed by atoms with Gasteiger partial charge in [0, 0.05) is 23.2 Å². The smallest absolute Gasteiger partial charge is 0.231 e. The summed E-state index contributed by atoms with van der Waals surface area (Å²) in [5.74, 6) is 2.02. The summed E-state index contributed by atoms with van der Waals surface area (Å²) in [6.45, 7) is 10.6. The Bertz CT molecular complexity index is 1040. The molecule has 0 aliphatic carbocycles. The molecule has 0 radical (unpaired) electrons. The first kappa shape index (κ1) is 19.8. The highest BCUT2D eigenvalue weighted by atomic mass is 32.2. The van der Waals surface area contributed by atoms with Crippen LogP contribution in [0.25, 0.3) is 11.0 Å². The van der Waals surface area contributed by atoms with Crippen molar-refractivity contribution in [1.82, 2.24) is 19.9 Å². The Morgan fingerprint density at radius 3 is 2.76 bits per heavy atom. The highest BCUT2D eigenvalue weighted by molar-refractivity contribution is 7.99. The molecule has 1 aliphatic heterocycles. The number of imidazole rings is 1. The number of anilines is 1. The Labute approximate surface area is 175 Å². The van der Waals surface area contributed by atoms with Gasteiger partial charge in [0.05, 0.1) is 5.52 Å². The molecular weight excluding hydrogens is 386 g/mol. The number of aromatic nitrogens is 3. The number of benzene rings is 1. The largest absolute Gasteiger partial charge is 0.454 e. The molecule has 3 heterocycles. The van der Waals surface area contributed by atoms with E-state index < -0.39 is 0 Å². The molecule has 0 amide bonds. The number of nitrogen functional groups attached to an aromatic ring is 1. The molecule has 29 heavy (non-hydrogen) atoms. The topological polar surface area (TPSA) is 87.2 Å². The zero-order valence-electron chi connectivity index (χ0n) is 17.3. The lowest BCUT2D eigenvalue weighted by molar-refractivity contribution is 0.174. The first-order valence-electron chi connectivity index (χ1n) is 9.76. The van der Waals surface area contributed by atoms with Crippen molar-refractivity contribution in [2.75, 3.05) is 19.1 Å². The maximum Gasteiger partial charge on any atom is 0.231 e. The van der Waals surface area contributed by atoms with Gasteiger partial charge in [-0.3, -0.25) is 0 Å². The second-order valence-corrected chi connectivity index (χ2v) is 9.22. The van der Waals surface area contributed by atoms with Gasteiger partial charge in [-0.15, -0.1) is 0 Å². The Kier molecular flexibility index (Phi) is 5.31. The van der Waals surface area contributed by atoms with Crippen LogP contribution in [0.3, 0.4) is 0 Å². The molecule has 0 unspecified atom stereocenters. The van der Waals surface area contributed by atoms with E-state index in [1.807, 2.05) is 18.2 Å². The second kappa shape index (κ2) is 7.76. The monoisotopic (exact) mass is 413 g/mol. The van der Waals surface area contributed by atoms with Gasteiger partial charge in [-0.05, 0) is 64.4 Å². The van der Waals surface area contributed by atoms with Crippen LogP contribution in [-0.4, -0.2) is 33.4 Å². The van der Waals surface area contributed by atoms with Gasteiger partial charge in [-0.1, -0.05) is 11.8 Å². The number of pyridine rings is 1. The molecule has 0 fully saturated rings. The van der Waals surface area contributed by atoms with E-state index in [0.29, 0.717) is 5.82 Å². The number of nitrogens with one attached hydrogen (secondary N) is 1. The van der Waals surface area contributed by atoms with Crippen LogP contribution in [0.2, 0.25) is 0 Å². The quantitative estimate of drug-likeness (QED) is 0.591. The number of nitrogens with two attached hydrogens (primary N) is 1. The maximum absolute atomic E-state index is 6.10. The van der Waals surface area contributed by atoms with Crippen molar-refractivity contribution in [3.8, 4) is 11.5 Å². The molecule has 0 spiro atoms. The molecule has 1 aromatic carbocycles. The van der Waals surface area contributed by atoms with Gasteiger partial charge < -0.3 is 25.1 Å². The Hall–Kier alpha value is -2.45. The fourth-order valence-electron chi connectivity index (χ4n) is 3.28. The third-order valence-corrected chi connectivity index (χ3v) is 5.90. The average molecular weight is 414 g/mol. The summed E-state index contributed by atoms with van der Waals surface area (Å²) in [4.78, 5) is 10.1. The van der Waals surface area contributed by atoms with E-state index in [-0.39, 0.29) is 12.3 Å². The van der Waals surface area contributed by atoms with E-state index in [9.17, 15) is 0 Å². The van der Waals surface area contributed by atoms with Crippen molar-refractivity contribution in [2.24, 2.45) is 0 Å². The van der Waals surface area contributed by atoms with Gasteiger partial charge in [0.1, 0.15) is 5.52 Å². The molecule has 7 nitrogen and oxygen atoms in total. The number of ether oxygens (including phenoxy) is 2. The van der Waals surface area contributed by atoms with Gasteiger partial charge in [-0.2, -0.15) is 0 Å². The highest BCUT2D eigenvalue weighted by Gasteiger charge is 2.19. The zero-order valence-corrected chi connectivity index (χ0v) is 18.1. The van der Waals surface area contributed by atoms with Crippen LogP contribution >= 0.6 is 11.8 Å². The lowest BCUT2D eigenvalue weighted by Gasteiger charge is -2.20. The third kappa shape index (κ3) is 4.28. The summed E-state index contributed by atoms with van der Waals surface area (Å²) in [6.07, 6.45) is 2.72. The number of nitrogens with zero attached hydrogens (tertiary/aromatic N) is 3. The van der Waals surface area contributed by atoms with Gasteiger partial charge in [0.2, 0.25) is 6.79 Å². The van der Waals surface area contributed by atoms with E-state index in [0.717, 1.165) is 57.7 Å². The first-order chi connectivity index (χ1) is 13.8. The van der Waals surface area contributed by atoms with E-state index in [2.05, 4.69) is 42.6 Å². The van der Waals surface area contributed by atoms with Gasteiger partial charge in [0.15, 0.2) is 22.5 Å². The van der Waals surface area contributed by atoms with Gasteiger partial charge >= 0.3 is 0 Å². The molecule has 2 aromatic heterocycles. The van der Waals surface area contributed by atoms with Crippen molar-refractivity contribution >= 4 is 28.6 Å². The SMILES string of the molecule is Cc1cc2c(cc1Sc1nc3c(N)nccc3n1CCCNC(C)(C)C)OCO2. The van der Waals surface area contributed by atoms with Gasteiger partial charge in [-0.25, -0.2) is 9.97 Å². The fourth-order valence-corrected chi connectivity index (χ4v) is 4.30. The fraction of sp³-hybridized carbons (Fsp3) is 0.429. The Morgan fingerprint density at radius 2 is 2.00 bits per heavy atom. The number of aryl methyl sites for hydroxylation is 2. The van der Waals surface area contributed by atoms with Crippen LogP contribution in [0.1, 0.15) is 32.8 Å². The minimum Gasteiger partial charge on any atom is -0.454 e. The van der Waals surface area contributed by atoms with Crippen LogP contribution < -0.4 is 20.5 Å². The third-order valence-electron chi connectivity index (χ3n) is 4.75. The van der Waals surface area contributed by atoms with Crippen LogP contribution in [0.4, 0.5) is 5.82 Å². The van der Waals surface area contributed by atoms with E-state index in [1.165, 1.54) is 0 Å². The molecule has 8 heteroatoms. The lowest BCUT2D eigenvalue weighted by Crippen LogP contribution is -2.36. The van der Waals surface area contributed by atoms with Crippen LogP contribution in [0, 0.1) is 6.92 Å². The highest BCUT2D eigenvalue weighted by Crippen LogP contribution is 2.41. The van der Waals surface area contributed by atoms with Gasteiger partial charge in [0.25, 0.3) is 0 Å². The second-order valence-electron chi connectivity index (χ2n) is 8.21. The molecule has 154 valence electrons. The molecule has 0 saturated heterocycles. The van der Waals surface area contributed by atoms with Crippen molar-refractivity contribution < 1.29 is 9.47 Å². The molecule has 4 rings (SSSR count). The summed E-state index contributed by atoms with van der Waals surface area (Å²) in [5, 5.41) is 4.44. The lowest BCUT2D eigenvalue weighted by atomic mass is 10.1. The average Bonchev–Trinajstić information content (AvgIpc) is 3.23. The summed E-state index contributed by atoms with van der Waals surface area (Å²) < 4.78 is 13.3. The Balaban J connectivity index is 1.64. The number of fused-ring (bicyclic) bond motifs is 2. The summed E-state index contributed by atoms with van der Waals surface area (Å²) in [7, 11) is 0.